The summed E-state index contributed by atoms with van der Waals surface area (Å²) in [5.41, 5.74) is 0.556. The van der Waals surface area contributed by atoms with Crippen LogP contribution in [0.3, 0.4) is 0 Å². The number of rotatable bonds is 5. The zero-order valence-corrected chi connectivity index (χ0v) is 9.97. The second-order valence-corrected chi connectivity index (χ2v) is 4.25. The highest BCUT2D eigenvalue weighted by Crippen LogP contribution is 2.07. The van der Waals surface area contributed by atoms with E-state index in [9.17, 15) is 4.79 Å². The lowest BCUT2D eigenvalue weighted by Gasteiger charge is -2.12. The number of amides is 1. The fraction of sp³-hybridized carbons (Fsp3) is 0.636. The zero-order valence-electron chi connectivity index (χ0n) is 9.97. The SMILES string of the molecule is CC(CO)CNC(=O)c1ccnn1C(C)C. The largest absolute Gasteiger partial charge is 0.396 e. The first kappa shape index (κ1) is 12.7. The van der Waals surface area contributed by atoms with E-state index < -0.39 is 0 Å². The third kappa shape index (κ3) is 3.06. The molecule has 0 aliphatic rings. The predicted molar refractivity (Wildman–Crippen MR) is 61.2 cm³/mol. The van der Waals surface area contributed by atoms with Crippen molar-refractivity contribution < 1.29 is 9.90 Å². The topological polar surface area (TPSA) is 67.2 Å². The Morgan fingerprint density at radius 2 is 2.25 bits per heavy atom. The maximum Gasteiger partial charge on any atom is 0.269 e. The summed E-state index contributed by atoms with van der Waals surface area (Å²) in [6.07, 6.45) is 1.62. The van der Waals surface area contributed by atoms with Gasteiger partial charge in [-0.25, -0.2) is 0 Å². The first-order valence-electron chi connectivity index (χ1n) is 5.48. The fourth-order valence-corrected chi connectivity index (χ4v) is 1.33. The van der Waals surface area contributed by atoms with Crippen LogP contribution in [0.2, 0.25) is 0 Å². The molecule has 2 N–H and O–H groups in total. The second kappa shape index (κ2) is 5.65. The van der Waals surface area contributed by atoms with Crippen molar-refractivity contribution in [1.82, 2.24) is 15.1 Å². The van der Waals surface area contributed by atoms with E-state index in [1.807, 2.05) is 20.8 Å². The molecule has 16 heavy (non-hydrogen) atoms. The Morgan fingerprint density at radius 3 is 2.81 bits per heavy atom. The molecule has 0 aliphatic carbocycles. The van der Waals surface area contributed by atoms with E-state index in [0.29, 0.717) is 12.2 Å². The molecule has 0 radical (unpaired) electrons. The van der Waals surface area contributed by atoms with Crippen LogP contribution >= 0.6 is 0 Å². The number of nitrogens with one attached hydrogen (secondary N) is 1. The molecule has 0 spiro atoms. The van der Waals surface area contributed by atoms with Gasteiger partial charge in [0, 0.05) is 25.4 Å². The van der Waals surface area contributed by atoms with Crippen molar-refractivity contribution >= 4 is 5.91 Å². The van der Waals surface area contributed by atoms with Crippen LogP contribution in [0.1, 0.15) is 37.3 Å². The normalized spacial score (nSPS) is 12.8. The summed E-state index contributed by atoms with van der Waals surface area (Å²) in [4.78, 5) is 11.8. The summed E-state index contributed by atoms with van der Waals surface area (Å²) < 4.78 is 1.68. The smallest absolute Gasteiger partial charge is 0.269 e. The van der Waals surface area contributed by atoms with Gasteiger partial charge >= 0.3 is 0 Å². The number of aromatic nitrogens is 2. The molecule has 0 bridgehead atoms. The first-order chi connectivity index (χ1) is 7.56. The van der Waals surface area contributed by atoms with Crippen molar-refractivity contribution in [2.45, 2.75) is 26.8 Å². The summed E-state index contributed by atoms with van der Waals surface area (Å²) in [7, 11) is 0. The molecule has 1 aromatic rings. The van der Waals surface area contributed by atoms with Gasteiger partial charge in [-0.15, -0.1) is 0 Å². The monoisotopic (exact) mass is 225 g/mol. The molecular formula is C11H19N3O2. The lowest BCUT2D eigenvalue weighted by atomic mass is 10.2. The van der Waals surface area contributed by atoms with E-state index >= 15 is 0 Å². The van der Waals surface area contributed by atoms with Crippen LogP contribution in [-0.4, -0.2) is 33.9 Å². The molecule has 0 saturated carbocycles. The Morgan fingerprint density at radius 1 is 1.56 bits per heavy atom. The number of carbonyl (C=O) groups excluding carboxylic acids is 1. The molecule has 1 aromatic heterocycles. The van der Waals surface area contributed by atoms with Gasteiger partial charge < -0.3 is 10.4 Å². The predicted octanol–water partition coefficient (Wildman–Crippen LogP) is 0.822. The average Bonchev–Trinajstić information content (AvgIpc) is 2.74. The lowest BCUT2D eigenvalue weighted by molar-refractivity contribution is 0.0929. The number of nitrogens with zero attached hydrogens (tertiary/aromatic N) is 2. The summed E-state index contributed by atoms with van der Waals surface area (Å²) in [5.74, 6) is -0.0779. The highest BCUT2D eigenvalue weighted by Gasteiger charge is 2.14. The molecular weight excluding hydrogens is 206 g/mol. The van der Waals surface area contributed by atoms with E-state index in [2.05, 4.69) is 10.4 Å². The van der Waals surface area contributed by atoms with Gasteiger partial charge in [0.2, 0.25) is 0 Å². The number of aliphatic hydroxyl groups is 1. The highest BCUT2D eigenvalue weighted by atomic mass is 16.3. The summed E-state index contributed by atoms with van der Waals surface area (Å²) >= 11 is 0. The van der Waals surface area contributed by atoms with E-state index in [0.717, 1.165) is 0 Å². The Labute approximate surface area is 95.5 Å². The molecule has 90 valence electrons. The van der Waals surface area contributed by atoms with E-state index in [4.69, 9.17) is 5.11 Å². The zero-order chi connectivity index (χ0) is 12.1. The van der Waals surface area contributed by atoms with Crippen LogP contribution in [0, 0.1) is 5.92 Å². The first-order valence-corrected chi connectivity index (χ1v) is 5.48. The van der Waals surface area contributed by atoms with Crippen LogP contribution in [0.15, 0.2) is 12.3 Å². The minimum atomic E-state index is -0.147. The maximum atomic E-state index is 11.8. The van der Waals surface area contributed by atoms with Crippen LogP contribution in [-0.2, 0) is 0 Å². The number of hydrogen-bond acceptors (Lipinski definition) is 3. The summed E-state index contributed by atoms with van der Waals surface area (Å²) in [6, 6.07) is 1.85. The van der Waals surface area contributed by atoms with Gasteiger partial charge in [-0.1, -0.05) is 6.92 Å². The quantitative estimate of drug-likeness (QED) is 0.779. The third-order valence-corrected chi connectivity index (χ3v) is 2.31. The standard InChI is InChI=1S/C11H19N3O2/c1-8(2)14-10(4-5-13-14)11(16)12-6-9(3)7-15/h4-5,8-9,15H,6-7H2,1-3H3,(H,12,16). The Balaban J connectivity index is 2.62. The van der Waals surface area contributed by atoms with Gasteiger partial charge in [-0.3, -0.25) is 9.48 Å². The molecule has 0 saturated heterocycles. The molecule has 5 heteroatoms. The highest BCUT2D eigenvalue weighted by molar-refractivity contribution is 5.92. The van der Waals surface area contributed by atoms with E-state index in [-0.39, 0.29) is 24.5 Å². The molecule has 5 nitrogen and oxygen atoms in total. The minimum absolute atomic E-state index is 0.0689. The van der Waals surface area contributed by atoms with Crippen LogP contribution < -0.4 is 5.32 Å². The Bertz CT molecular complexity index is 347. The van der Waals surface area contributed by atoms with Crippen LogP contribution in [0.25, 0.3) is 0 Å². The molecule has 1 amide bonds. The van der Waals surface area contributed by atoms with Gasteiger partial charge in [0.15, 0.2) is 0 Å². The fourth-order valence-electron chi connectivity index (χ4n) is 1.33. The van der Waals surface area contributed by atoms with Crippen molar-refractivity contribution in [2.75, 3.05) is 13.2 Å². The summed E-state index contributed by atoms with van der Waals surface area (Å²) in [6.45, 7) is 6.36. The Hall–Kier alpha value is -1.36. The molecule has 1 unspecified atom stereocenters. The van der Waals surface area contributed by atoms with Crippen LogP contribution in [0.5, 0.6) is 0 Å². The van der Waals surface area contributed by atoms with Crippen molar-refractivity contribution in [3.8, 4) is 0 Å². The van der Waals surface area contributed by atoms with Crippen molar-refractivity contribution in [3.63, 3.8) is 0 Å². The maximum absolute atomic E-state index is 11.8. The molecule has 0 aliphatic heterocycles. The van der Waals surface area contributed by atoms with E-state index in [1.165, 1.54) is 0 Å². The van der Waals surface area contributed by atoms with Crippen LogP contribution in [0.4, 0.5) is 0 Å². The van der Waals surface area contributed by atoms with Gasteiger partial charge in [-0.05, 0) is 25.8 Å². The minimum Gasteiger partial charge on any atom is -0.396 e. The number of hydrogen-bond donors (Lipinski definition) is 2. The Kier molecular flexibility index (Phi) is 4.49. The molecule has 1 atom stereocenters. The third-order valence-electron chi connectivity index (χ3n) is 2.31. The average molecular weight is 225 g/mol. The van der Waals surface area contributed by atoms with Gasteiger partial charge in [0.1, 0.15) is 5.69 Å². The van der Waals surface area contributed by atoms with Gasteiger partial charge in [0.05, 0.1) is 0 Å². The molecule has 1 rings (SSSR count). The summed E-state index contributed by atoms with van der Waals surface area (Å²) in [5, 5.41) is 15.7. The number of carbonyl (C=O) groups is 1. The van der Waals surface area contributed by atoms with Gasteiger partial charge in [-0.2, -0.15) is 5.10 Å². The number of aliphatic hydroxyl groups excluding tert-OH is 1. The van der Waals surface area contributed by atoms with Gasteiger partial charge in [0.25, 0.3) is 5.91 Å². The molecule has 0 aromatic carbocycles. The molecule has 1 heterocycles. The van der Waals surface area contributed by atoms with E-state index in [1.54, 1.807) is 16.9 Å². The molecule has 0 fully saturated rings. The van der Waals surface area contributed by atoms with Crippen molar-refractivity contribution in [3.05, 3.63) is 18.0 Å². The lowest BCUT2D eigenvalue weighted by Crippen LogP contribution is -2.31. The van der Waals surface area contributed by atoms with Crippen molar-refractivity contribution in [1.29, 1.82) is 0 Å². The van der Waals surface area contributed by atoms with Crippen molar-refractivity contribution in [2.24, 2.45) is 5.92 Å². The second-order valence-electron chi connectivity index (χ2n) is 4.25.